The molecule has 1 fully saturated rings. The molecule has 3 aromatic rings. The second kappa shape index (κ2) is 10.0. The van der Waals surface area contributed by atoms with Crippen molar-refractivity contribution in [3.63, 3.8) is 0 Å². The summed E-state index contributed by atoms with van der Waals surface area (Å²) in [7, 11) is 0. The Bertz CT molecular complexity index is 1300. The zero-order chi connectivity index (χ0) is 24.4. The van der Waals surface area contributed by atoms with Crippen molar-refractivity contribution in [2.45, 2.75) is 13.8 Å². The molecule has 34 heavy (non-hydrogen) atoms. The van der Waals surface area contributed by atoms with E-state index in [1.807, 2.05) is 24.3 Å². The van der Waals surface area contributed by atoms with Crippen LogP contribution in [0.15, 0.2) is 63.9 Å². The van der Waals surface area contributed by atoms with E-state index >= 15 is 0 Å². The highest BCUT2D eigenvalue weighted by molar-refractivity contribution is 8.27. The van der Waals surface area contributed by atoms with E-state index in [1.165, 1.54) is 34.9 Å². The maximum atomic E-state index is 13.1. The number of nitrogens with zero attached hydrogens (tertiary/aromatic N) is 2. The number of carboxylic acid groups (broad SMARTS) is 1. The minimum atomic E-state index is -1.06. The summed E-state index contributed by atoms with van der Waals surface area (Å²) in [5, 5.41) is 9.61. The fourth-order valence-electron chi connectivity index (χ4n) is 3.64. The Morgan fingerprint density at radius 1 is 1.15 bits per heavy atom. The van der Waals surface area contributed by atoms with Gasteiger partial charge in [-0.05, 0) is 68.4 Å². The quantitative estimate of drug-likeness (QED) is 0.284. The summed E-state index contributed by atoms with van der Waals surface area (Å²) in [6.07, 6.45) is 1.63. The fourth-order valence-corrected chi connectivity index (χ4v) is 5.13. The van der Waals surface area contributed by atoms with E-state index in [0.29, 0.717) is 37.0 Å². The highest BCUT2D eigenvalue weighted by Gasteiger charge is 2.33. The molecular weight excluding hydrogens is 492 g/mol. The van der Waals surface area contributed by atoms with Crippen molar-refractivity contribution in [3.8, 4) is 11.3 Å². The lowest BCUT2D eigenvalue weighted by atomic mass is 10.1. The molecule has 4 rings (SSSR count). The number of thiocarbonyl (C=S) groups is 1. The largest absolute Gasteiger partial charge is 0.478 e. The van der Waals surface area contributed by atoms with Gasteiger partial charge < -0.3 is 14.4 Å². The second-order valence-electron chi connectivity index (χ2n) is 7.41. The lowest BCUT2D eigenvalue weighted by Crippen LogP contribution is -2.27. The van der Waals surface area contributed by atoms with Gasteiger partial charge >= 0.3 is 5.97 Å². The van der Waals surface area contributed by atoms with Gasteiger partial charge in [-0.15, -0.1) is 0 Å². The molecule has 174 valence electrons. The van der Waals surface area contributed by atoms with Gasteiger partial charge in [0.05, 0.1) is 21.2 Å². The average Bonchev–Trinajstić information content (AvgIpc) is 3.39. The van der Waals surface area contributed by atoms with Crippen molar-refractivity contribution in [1.82, 2.24) is 0 Å². The predicted molar refractivity (Wildman–Crippen MR) is 142 cm³/mol. The van der Waals surface area contributed by atoms with Crippen LogP contribution < -0.4 is 9.80 Å². The SMILES string of the molecule is CCN(CC)c1ccc(N2C(=O)/C(=C\c3ccc(-c4cc(C(=O)O)ccc4Cl)o3)SC2=S)cc1. The van der Waals surface area contributed by atoms with Crippen molar-refractivity contribution in [2.75, 3.05) is 22.9 Å². The third-order valence-electron chi connectivity index (χ3n) is 5.41. The smallest absolute Gasteiger partial charge is 0.335 e. The molecule has 1 N–H and O–H groups in total. The first-order valence-corrected chi connectivity index (χ1v) is 12.2. The number of hydrogen-bond acceptors (Lipinski definition) is 6. The molecule has 0 saturated carbocycles. The fraction of sp³-hybridized carbons (Fsp3) is 0.160. The van der Waals surface area contributed by atoms with E-state index in [9.17, 15) is 14.7 Å². The van der Waals surface area contributed by atoms with Crippen LogP contribution >= 0.6 is 35.6 Å². The van der Waals surface area contributed by atoms with E-state index in [2.05, 4.69) is 18.7 Å². The van der Waals surface area contributed by atoms with Crippen LogP contribution in [0.25, 0.3) is 17.4 Å². The molecule has 1 aromatic heterocycles. The Morgan fingerprint density at radius 2 is 1.85 bits per heavy atom. The summed E-state index contributed by atoms with van der Waals surface area (Å²) in [5.74, 6) is -0.445. The number of rotatable bonds is 7. The standard InChI is InChI=1S/C25H21ClN2O4S2/c1-3-27(4-2)16-6-8-17(9-7-16)28-23(29)22(34-25(28)33)14-18-10-12-21(32-18)19-13-15(24(30)31)5-11-20(19)26/h5-14H,3-4H2,1-2H3,(H,30,31)/b22-14+. The van der Waals surface area contributed by atoms with Crippen molar-refractivity contribution in [2.24, 2.45) is 0 Å². The van der Waals surface area contributed by atoms with Crippen LogP contribution in [0, 0.1) is 0 Å². The number of anilines is 2. The minimum Gasteiger partial charge on any atom is -0.478 e. The lowest BCUT2D eigenvalue weighted by Gasteiger charge is -2.22. The van der Waals surface area contributed by atoms with Crippen LogP contribution in [0.1, 0.15) is 30.0 Å². The van der Waals surface area contributed by atoms with Crippen LogP contribution in [-0.2, 0) is 4.79 Å². The number of carboxylic acids is 1. The van der Waals surface area contributed by atoms with E-state index in [0.717, 1.165) is 18.8 Å². The summed E-state index contributed by atoms with van der Waals surface area (Å²) in [6, 6.07) is 15.5. The number of thioether (sulfide) groups is 1. The molecule has 0 unspecified atom stereocenters. The Morgan fingerprint density at radius 3 is 2.50 bits per heavy atom. The maximum Gasteiger partial charge on any atom is 0.335 e. The Hall–Kier alpha value is -3.07. The zero-order valence-corrected chi connectivity index (χ0v) is 20.8. The number of carbonyl (C=O) groups excluding carboxylic acids is 1. The predicted octanol–water partition coefficient (Wildman–Crippen LogP) is 6.55. The van der Waals surface area contributed by atoms with Gasteiger partial charge in [0.2, 0.25) is 0 Å². The molecular formula is C25H21ClN2O4S2. The molecule has 1 amide bonds. The molecule has 0 atom stereocenters. The number of halogens is 1. The van der Waals surface area contributed by atoms with Gasteiger partial charge in [-0.3, -0.25) is 9.69 Å². The summed E-state index contributed by atoms with van der Waals surface area (Å²) in [5.41, 5.74) is 2.36. The number of benzene rings is 2. The molecule has 1 saturated heterocycles. The highest BCUT2D eigenvalue weighted by atomic mass is 35.5. The van der Waals surface area contributed by atoms with Gasteiger partial charge in [0.1, 0.15) is 11.5 Å². The van der Waals surface area contributed by atoms with E-state index < -0.39 is 5.97 Å². The van der Waals surface area contributed by atoms with E-state index in [-0.39, 0.29) is 11.5 Å². The van der Waals surface area contributed by atoms with E-state index in [1.54, 1.807) is 18.2 Å². The first-order valence-electron chi connectivity index (χ1n) is 10.6. The molecule has 9 heteroatoms. The number of hydrogen-bond donors (Lipinski definition) is 1. The topological polar surface area (TPSA) is 74.0 Å². The summed E-state index contributed by atoms with van der Waals surface area (Å²) in [6.45, 7) is 6.00. The lowest BCUT2D eigenvalue weighted by molar-refractivity contribution is -0.113. The van der Waals surface area contributed by atoms with Crippen molar-refractivity contribution in [1.29, 1.82) is 0 Å². The van der Waals surface area contributed by atoms with E-state index in [4.69, 9.17) is 28.2 Å². The van der Waals surface area contributed by atoms with Gasteiger partial charge in [0, 0.05) is 30.4 Å². The van der Waals surface area contributed by atoms with Gasteiger partial charge in [0.15, 0.2) is 4.32 Å². The zero-order valence-electron chi connectivity index (χ0n) is 18.4. The van der Waals surface area contributed by atoms with Crippen LogP contribution in [0.2, 0.25) is 5.02 Å². The number of carbonyl (C=O) groups is 2. The monoisotopic (exact) mass is 512 g/mol. The first kappa shape index (κ1) is 24.1. The summed E-state index contributed by atoms with van der Waals surface area (Å²) in [4.78, 5) is 28.6. The molecule has 0 spiro atoms. The maximum absolute atomic E-state index is 13.1. The third-order valence-corrected chi connectivity index (χ3v) is 7.04. The Labute approximate surface area is 211 Å². The molecule has 1 aliphatic heterocycles. The highest BCUT2D eigenvalue weighted by Crippen LogP contribution is 2.38. The third kappa shape index (κ3) is 4.75. The van der Waals surface area contributed by atoms with Crippen molar-refractivity contribution < 1.29 is 19.1 Å². The van der Waals surface area contributed by atoms with Crippen LogP contribution in [0.5, 0.6) is 0 Å². The molecule has 0 aliphatic carbocycles. The van der Waals surface area contributed by atoms with Crippen molar-refractivity contribution in [3.05, 3.63) is 75.8 Å². The molecule has 1 aliphatic rings. The van der Waals surface area contributed by atoms with Gasteiger partial charge in [-0.2, -0.15) is 0 Å². The molecule has 2 aromatic carbocycles. The van der Waals surface area contributed by atoms with Gasteiger partial charge in [-0.1, -0.05) is 35.6 Å². The van der Waals surface area contributed by atoms with Crippen molar-refractivity contribution >= 4 is 69.2 Å². The summed E-state index contributed by atoms with van der Waals surface area (Å²) < 4.78 is 6.29. The molecule has 0 radical (unpaired) electrons. The first-order chi connectivity index (χ1) is 16.3. The van der Waals surface area contributed by atoms with Crippen LogP contribution in [0.3, 0.4) is 0 Å². The minimum absolute atomic E-state index is 0.102. The Balaban J connectivity index is 1.57. The number of amides is 1. The average molecular weight is 513 g/mol. The molecule has 6 nitrogen and oxygen atoms in total. The molecule has 2 heterocycles. The number of aromatic carboxylic acids is 1. The molecule has 0 bridgehead atoms. The van der Waals surface area contributed by atoms with Crippen LogP contribution in [0.4, 0.5) is 11.4 Å². The number of furan rings is 1. The van der Waals surface area contributed by atoms with Gasteiger partial charge in [-0.25, -0.2) is 4.79 Å². The van der Waals surface area contributed by atoms with Gasteiger partial charge in [0.25, 0.3) is 5.91 Å². The normalized spacial score (nSPS) is 14.8. The Kier molecular flexibility index (Phi) is 7.11. The second-order valence-corrected chi connectivity index (χ2v) is 9.49. The van der Waals surface area contributed by atoms with Crippen LogP contribution in [-0.4, -0.2) is 34.4 Å². The summed E-state index contributed by atoms with van der Waals surface area (Å²) >= 11 is 12.9.